The molecule has 1 aromatic rings. The first-order valence-corrected chi connectivity index (χ1v) is 2.55. The molecule has 0 aliphatic rings. The van der Waals surface area contributed by atoms with E-state index in [1.165, 1.54) is 11.3 Å². The molecule has 0 spiro atoms. The number of hydrogen-bond acceptors (Lipinski definition) is 2. The van der Waals surface area contributed by atoms with Crippen molar-refractivity contribution in [1.82, 2.24) is 0 Å². The Morgan fingerprint density at radius 1 is 1.67 bits per heavy atom. The van der Waals surface area contributed by atoms with Crippen molar-refractivity contribution in [3.05, 3.63) is 16.8 Å². The van der Waals surface area contributed by atoms with Gasteiger partial charge in [-0.2, -0.15) is 0 Å². The molecule has 0 aliphatic carbocycles. The van der Waals surface area contributed by atoms with Gasteiger partial charge in [-0.15, -0.1) is 11.3 Å². The van der Waals surface area contributed by atoms with Gasteiger partial charge in [-0.25, -0.2) is 0 Å². The highest BCUT2D eigenvalue weighted by molar-refractivity contribution is 7.08. The summed E-state index contributed by atoms with van der Waals surface area (Å²) in [5, 5.41) is 12.0. The molecule has 0 fully saturated rings. The normalized spacial score (nSPS) is 8.67. The maximum Gasteiger partial charge on any atom is 0.126 e. The Balaban J connectivity index is 3.05. The van der Waals surface area contributed by atoms with E-state index >= 15 is 0 Å². The fourth-order valence-electron chi connectivity index (χ4n) is 0.257. The second kappa shape index (κ2) is 1.30. The van der Waals surface area contributed by atoms with Crippen LogP contribution in [0.2, 0.25) is 0 Å². The van der Waals surface area contributed by atoms with Crippen LogP contribution in [0, 0.1) is 0 Å². The zero-order valence-corrected chi connectivity index (χ0v) is 3.90. The lowest BCUT2D eigenvalue weighted by atomic mass is 10.6. The molecule has 6 heavy (non-hydrogen) atoms. The summed E-state index contributed by atoms with van der Waals surface area (Å²) in [6.07, 6.45) is 0. The first-order chi connectivity index (χ1) is 2.89. The number of thiophene rings is 1. The van der Waals surface area contributed by atoms with Gasteiger partial charge in [-0.3, -0.25) is 0 Å². The minimum absolute atomic E-state index is 0.361. The molecule has 0 saturated heterocycles. The number of aromatic hydroxyl groups is 1. The molecule has 32 valence electrons. The quantitative estimate of drug-likeness (QED) is 0.523. The van der Waals surface area contributed by atoms with Crippen LogP contribution >= 0.6 is 11.3 Å². The first-order valence-electron chi connectivity index (χ1n) is 1.61. The van der Waals surface area contributed by atoms with E-state index in [1.807, 2.05) is 5.38 Å². The van der Waals surface area contributed by atoms with Gasteiger partial charge in [0.2, 0.25) is 0 Å². The molecule has 0 amide bonds. The highest BCUT2D eigenvalue weighted by atomic mass is 32.1. The summed E-state index contributed by atoms with van der Waals surface area (Å²) in [5.74, 6) is 0.361. The van der Waals surface area contributed by atoms with Gasteiger partial charge in [-0.05, 0) is 11.4 Å². The highest BCUT2D eigenvalue weighted by Crippen LogP contribution is 2.10. The fraction of sp³-hybridized carbons (Fsp3) is 0. The molecule has 1 N–H and O–H groups in total. The van der Waals surface area contributed by atoms with Crippen LogP contribution in [0.15, 0.2) is 16.8 Å². The molecule has 0 unspecified atom stereocenters. The molecule has 1 aromatic heterocycles. The molecule has 0 radical (unpaired) electrons. The molecular formula is C4H4OS. The summed E-state index contributed by atoms with van der Waals surface area (Å²) in [6, 6.07) is 1.66. The third-order valence-corrected chi connectivity index (χ3v) is 1.18. The van der Waals surface area contributed by atoms with Crippen LogP contribution in [-0.4, -0.2) is 5.11 Å². The second-order valence-electron chi connectivity index (χ2n) is 0.982. The van der Waals surface area contributed by atoms with E-state index in [1.54, 1.807) is 11.4 Å². The van der Waals surface area contributed by atoms with Crippen molar-refractivity contribution in [3.8, 4) is 5.75 Å². The molecule has 1 heterocycles. The van der Waals surface area contributed by atoms with E-state index in [4.69, 9.17) is 5.11 Å². The molecule has 0 bridgehead atoms. The number of rotatable bonds is 0. The molecule has 0 saturated carbocycles. The average molecular weight is 100 g/mol. The predicted octanol–water partition coefficient (Wildman–Crippen LogP) is 1.45. The van der Waals surface area contributed by atoms with E-state index in [0.717, 1.165) is 0 Å². The van der Waals surface area contributed by atoms with Gasteiger partial charge in [0.25, 0.3) is 0 Å². The zero-order chi connectivity index (χ0) is 4.41. The van der Waals surface area contributed by atoms with Crippen LogP contribution in [0.3, 0.4) is 0 Å². The maximum absolute atomic E-state index is 8.48. The smallest absolute Gasteiger partial charge is 0.126 e. The topological polar surface area (TPSA) is 20.2 Å². The van der Waals surface area contributed by atoms with Crippen LogP contribution < -0.4 is 0 Å². The van der Waals surface area contributed by atoms with Crippen molar-refractivity contribution in [3.63, 3.8) is 0 Å². The summed E-state index contributed by atoms with van der Waals surface area (Å²) in [6.45, 7) is 0. The molecule has 1 nitrogen and oxygen atoms in total. The lowest BCUT2D eigenvalue weighted by Crippen LogP contribution is -1.39. The first kappa shape index (κ1) is 3.68. The van der Waals surface area contributed by atoms with Crippen molar-refractivity contribution in [2.45, 2.75) is 0 Å². The van der Waals surface area contributed by atoms with Gasteiger partial charge < -0.3 is 5.11 Å². The lowest BCUT2D eigenvalue weighted by Gasteiger charge is -1.67. The summed E-state index contributed by atoms with van der Waals surface area (Å²) in [4.78, 5) is 0. The van der Waals surface area contributed by atoms with Gasteiger partial charge >= 0.3 is 0 Å². The Kier molecular flexibility index (Phi) is 0.801. The minimum Gasteiger partial charge on any atom is -0.507 e. The Labute approximate surface area is 39.9 Å². The highest BCUT2D eigenvalue weighted by Gasteiger charge is 1.77. The second-order valence-corrected chi connectivity index (χ2v) is 1.76. The van der Waals surface area contributed by atoms with Crippen LogP contribution in [-0.2, 0) is 0 Å². The zero-order valence-electron chi connectivity index (χ0n) is 3.09. The van der Waals surface area contributed by atoms with E-state index in [-0.39, 0.29) is 0 Å². The van der Waals surface area contributed by atoms with Crippen LogP contribution in [0.5, 0.6) is 5.75 Å². The Morgan fingerprint density at radius 2 is 2.50 bits per heavy atom. The third kappa shape index (κ3) is 0.518. The van der Waals surface area contributed by atoms with E-state index in [0.29, 0.717) is 5.75 Å². The molecule has 0 aromatic carbocycles. The van der Waals surface area contributed by atoms with Crippen molar-refractivity contribution in [2.24, 2.45) is 0 Å². The largest absolute Gasteiger partial charge is 0.507 e. The monoisotopic (exact) mass is 100.0 g/mol. The van der Waals surface area contributed by atoms with Gasteiger partial charge in [0.15, 0.2) is 0 Å². The molecule has 1 rings (SSSR count). The summed E-state index contributed by atoms with van der Waals surface area (Å²) >= 11 is 1.49. The van der Waals surface area contributed by atoms with E-state index < -0.39 is 0 Å². The Morgan fingerprint density at radius 3 is 2.67 bits per heavy atom. The third-order valence-electron chi connectivity index (χ3n) is 0.506. The molecule has 0 atom stereocenters. The van der Waals surface area contributed by atoms with Crippen molar-refractivity contribution >= 4 is 11.3 Å². The lowest BCUT2D eigenvalue weighted by molar-refractivity contribution is 0.478. The van der Waals surface area contributed by atoms with Gasteiger partial charge in [0.1, 0.15) is 5.75 Å². The standard InChI is InChI=1S/C4H4OS/c5-4-1-2-6-3-4/h1-3,5H. The average Bonchev–Trinajstić information content (AvgIpc) is 1.86. The van der Waals surface area contributed by atoms with Crippen LogP contribution in [0.25, 0.3) is 0 Å². The summed E-state index contributed by atoms with van der Waals surface area (Å²) in [5.41, 5.74) is 0. The van der Waals surface area contributed by atoms with Crippen LogP contribution in [0.4, 0.5) is 0 Å². The Bertz CT molecular complexity index is 111. The predicted molar refractivity (Wildman–Crippen MR) is 26.0 cm³/mol. The SMILES string of the molecule is Oc1ccsc1. The van der Waals surface area contributed by atoms with Gasteiger partial charge in [0, 0.05) is 5.38 Å². The van der Waals surface area contributed by atoms with Gasteiger partial charge in [-0.1, -0.05) is 0 Å². The fourth-order valence-corrected chi connectivity index (χ4v) is 0.772. The molecule has 2 heteroatoms. The van der Waals surface area contributed by atoms with E-state index in [2.05, 4.69) is 0 Å². The minimum atomic E-state index is 0.361. The molecule has 0 aliphatic heterocycles. The maximum atomic E-state index is 8.48. The van der Waals surface area contributed by atoms with Crippen LogP contribution in [0.1, 0.15) is 0 Å². The number of hydrogen-bond donors (Lipinski definition) is 1. The molecular weight excluding hydrogens is 96.1 g/mol. The van der Waals surface area contributed by atoms with Crippen molar-refractivity contribution in [1.29, 1.82) is 0 Å². The summed E-state index contributed by atoms with van der Waals surface area (Å²) in [7, 11) is 0. The van der Waals surface area contributed by atoms with E-state index in [9.17, 15) is 0 Å². The van der Waals surface area contributed by atoms with Crippen molar-refractivity contribution in [2.75, 3.05) is 0 Å². The Hall–Kier alpha value is -0.500. The summed E-state index contributed by atoms with van der Waals surface area (Å²) < 4.78 is 0. The van der Waals surface area contributed by atoms with Gasteiger partial charge in [0.05, 0.1) is 0 Å². The van der Waals surface area contributed by atoms with Crippen molar-refractivity contribution < 1.29 is 5.11 Å².